The summed E-state index contributed by atoms with van der Waals surface area (Å²) >= 11 is 0. The van der Waals surface area contributed by atoms with Crippen LogP contribution in [0.3, 0.4) is 0 Å². The van der Waals surface area contributed by atoms with Crippen molar-refractivity contribution >= 4 is 6.09 Å². The molecule has 2 atom stereocenters. The Kier molecular flexibility index (Phi) is 4.77. The second-order valence-electron chi connectivity index (χ2n) is 5.58. The SMILES string of the molecule is CC(C)(C)OC(=O)N1CCCC(C(O)CO)C1. The number of rotatable bonds is 2. The maximum atomic E-state index is 11.8. The van der Waals surface area contributed by atoms with Gasteiger partial charge in [0.05, 0.1) is 12.7 Å². The Morgan fingerprint density at radius 2 is 2.18 bits per heavy atom. The van der Waals surface area contributed by atoms with Crippen LogP contribution in [-0.4, -0.2) is 52.6 Å². The highest BCUT2D eigenvalue weighted by Crippen LogP contribution is 2.21. The summed E-state index contributed by atoms with van der Waals surface area (Å²) in [5, 5.41) is 18.5. The molecule has 17 heavy (non-hydrogen) atoms. The van der Waals surface area contributed by atoms with Crippen molar-refractivity contribution in [2.24, 2.45) is 5.92 Å². The zero-order valence-corrected chi connectivity index (χ0v) is 10.8. The van der Waals surface area contributed by atoms with E-state index in [0.717, 1.165) is 12.8 Å². The van der Waals surface area contributed by atoms with Crippen molar-refractivity contribution < 1.29 is 19.7 Å². The van der Waals surface area contributed by atoms with E-state index in [9.17, 15) is 9.90 Å². The zero-order valence-electron chi connectivity index (χ0n) is 10.8. The molecule has 1 amide bonds. The third-order valence-corrected chi connectivity index (χ3v) is 2.84. The normalized spacial score (nSPS) is 23.4. The van der Waals surface area contributed by atoms with Gasteiger partial charge in [0, 0.05) is 19.0 Å². The highest BCUT2D eigenvalue weighted by Gasteiger charge is 2.30. The van der Waals surface area contributed by atoms with Gasteiger partial charge in [0.15, 0.2) is 0 Å². The molecule has 5 nitrogen and oxygen atoms in total. The van der Waals surface area contributed by atoms with Crippen molar-refractivity contribution in [2.45, 2.75) is 45.3 Å². The molecule has 0 aromatic carbocycles. The molecule has 100 valence electrons. The number of likely N-dealkylation sites (tertiary alicyclic amines) is 1. The van der Waals surface area contributed by atoms with Crippen LogP contribution < -0.4 is 0 Å². The Labute approximate surface area is 102 Å². The number of carbonyl (C=O) groups excluding carboxylic acids is 1. The van der Waals surface area contributed by atoms with Crippen molar-refractivity contribution in [3.05, 3.63) is 0 Å². The number of nitrogens with zero attached hydrogens (tertiary/aromatic N) is 1. The average molecular weight is 245 g/mol. The first kappa shape index (κ1) is 14.3. The molecule has 0 saturated carbocycles. The van der Waals surface area contributed by atoms with E-state index in [1.54, 1.807) is 4.90 Å². The van der Waals surface area contributed by atoms with Crippen LogP contribution in [0.4, 0.5) is 4.79 Å². The van der Waals surface area contributed by atoms with Gasteiger partial charge in [-0.2, -0.15) is 0 Å². The standard InChI is InChI=1S/C12H23NO4/c1-12(2,3)17-11(16)13-6-4-5-9(7-13)10(15)8-14/h9-10,14-15H,4-8H2,1-3H3. The van der Waals surface area contributed by atoms with Crippen LogP contribution in [0.15, 0.2) is 0 Å². The van der Waals surface area contributed by atoms with Crippen molar-refractivity contribution in [3.63, 3.8) is 0 Å². The number of aliphatic hydroxyl groups is 2. The van der Waals surface area contributed by atoms with E-state index in [1.165, 1.54) is 0 Å². The molecule has 1 rings (SSSR count). The summed E-state index contributed by atoms with van der Waals surface area (Å²) in [5.41, 5.74) is -0.500. The molecule has 0 bridgehead atoms. The molecular formula is C12H23NO4. The van der Waals surface area contributed by atoms with Crippen molar-refractivity contribution in [3.8, 4) is 0 Å². The van der Waals surface area contributed by atoms with Crippen LogP contribution in [0.1, 0.15) is 33.6 Å². The molecule has 1 aliphatic heterocycles. The Balaban J connectivity index is 2.52. The summed E-state index contributed by atoms with van der Waals surface area (Å²) in [5.74, 6) is -0.0544. The first-order valence-corrected chi connectivity index (χ1v) is 6.10. The third kappa shape index (κ3) is 4.52. The first-order valence-electron chi connectivity index (χ1n) is 6.10. The van der Waals surface area contributed by atoms with Gasteiger partial charge in [-0.25, -0.2) is 4.79 Å². The van der Waals surface area contributed by atoms with E-state index < -0.39 is 11.7 Å². The van der Waals surface area contributed by atoms with Crippen LogP contribution in [0.25, 0.3) is 0 Å². The lowest BCUT2D eigenvalue weighted by Crippen LogP contribution is -2.46. The quantitative estimate of drug-likeness (QED) is 0.761. The van der Waals surface area contributed by atoms with Crippen LogP contribution in [0, 0.1) is 5.92 Å². The molecule has 1 fully saturated rings. The molecule has 0 aromatic rings. The van der Waals surface area contributed by atoms with Crippen LogP contribution in [-0.2, 0) is 4.74 Å². The van der Waals surface area contributed by atoms with E-state index >= 15 is 0 Å². The molecule has 2 N–H and O–H groups in total. The maximum absolute atomic E-state index is 11.8. The first-order chi connectivity index (χ1) is 7.83. The Bertz CT molecular complexity index is 262. The largest absolute Gasteiger partial charge is 0.444 e. The zero-order chi connectivity index (χ0) is 13.1. The predicted molar refractivity (Wildman–Crippen MR) is 63.6 cm³/mol. The molecule has 1 heterocycles. The minimum Gasteiger partial charge on any atom is -0.444 e. The van der Waals surface area contributed by atoms with Crippen molar-refractivity contribution in [1.82, 2.24) is 4.90 Å². The van der Waals surface area contributed by atoms with Gasteiger partial charge in [-0.05, 0) is 33.6 Å². The topological polar surface area (TPSA) is 70.0 Å². The van der Waals surface area contributed by atoms with E-state index in [-0.39, 0.29) is 18.6 Å². The fourth-order valence-corrected chi connectivity index (χ4v) is 1.97. The minimum atomic E-state index is -0.750. The number of hydrogen-bond acceptors (Lipinski definition) is 4. The number of aliphatic hydroxyl groups excluding tert-OH is 2. The number of carbonyl (C=O) groups is 1. The van der Waals surface area contributed by atoms with Crippen LogP contribution in [0.2, 0.25) is 0 Å². The van der Waals surface area contributed by atoms with Gasteiger partial charge >= 0.3 is 6.09 Å². The molecule has 2 unspecified atom stereocenters. The smallest absolute Gasteiger partial charge is 0.410 e. The Morgan fingerprint density at radius 3 is 2.71 bits per heavy atom. The van der Waals surface area contributed by atoms with Crippen molar-refractivity contribution in [2.75, 3.05) is 19.7 Å². The van der Waals surface area contributed by atoms with Gasteiger partial charge in [-0.1, -0.05) is 0 Å². The Morgan fingerprint density at radius 1 is 1.53 bits per heavy atom. The lowest BCUT2D eigenvalue weighted by molar-refractivity contribution is -0.00918. The average Bonchev–Trinajstić information content (AvgIpc) is 2.26. The van der Waals surface area contributed by atoms with Gasteiger partial charge in [-0.3, -0.25) is 0 Å². The van der Waals surface area contributed by atoms with Crippen LogP contribution >= 0.6 is 0 Å². The molecule has 0 radical (unpaired) electrons. The van der Waals surface area contributed by atoms with Crippen molar-refractivity contribution in [1.29, 1.82) is 0 Å². The highest BCUT2D eigenvalue weighted by molar-refractivity contribution is 5.68. The summed E-state index contributed by atoms with van der Waals surface area (Å²) in [7, 11) is 0. The summed E-state index contributed by atoms with van der Waals surface area (Å²) < 4.78 is 5.28. The number of piperidine rings is 1. The molecule has 1 aliphatic rings. The van der Waals surface area contributed by atoms with Gasteiger partial charge in [0.2, 0.25) is 0 Å². The fraction of sp³-hybridized carbons (Fsp3) is 0.917. The molecular weight excluding hydrogens is 222 g/mol. The molecule has 5 heteroatoms. The summed E-state index contributed by atoms with van der Waals surface area (Å²) in [6.07, 6.45) is 0.578. The van der Waals surface area contributed by atoms with E-state index in [2.05, 4.69) is 0 Å². The Hall–Kier alpha value is -0.810. The number of amides is 1. The summed E-state index contributed by atoms with van der Waals surface area (Å²) in [4.78, 5) is 13.4. The minimum absolute atomic E-state index is 0.0544. The second-order valence-corrected chi connectivity index (χ2v) is 5.58. The lowest BCUT2D eigenvalue weighted by Gasteiger charge is -2.35. The predicted octanol–water partition coefficient (Wildman–Crippen LogP) is 0.987. The molecule has 1 saturated heterocycles. The fourth-order valence-electron chi connectivity index (χ4n) is 1.97. The van der Waals surface area contributed by atoms with E-state index in [1.807, 2.05) is 20.8 Å². The molecule has 0 aliphatic carbocycles. The van der Waals surface area contributed by atoms with E-state index in [0.29, 0.717) is 13.1 Å². The highest BCUT2D eigenvalue weighted by atomic mass is 16.6. The maximum Gasteiger partial charge on any atom is 0.410 e. The second kappa shape index (κ2) is 5.69. The van der Waals surface area contributed by atoms with Gasteiger partial charge < -0.3 is 19.8 Å². The van der Waals surface area contributed by atoms with Gasteiger partial charge in [-0.15, -0.1) is 0 Å². The monoisotopic (exact) mass is 245 g/mol. The summed E-state index contributed by atoms with van der Waals surface area (Å²) in [6, 6.07) is 0. The number of ether oxygens (including phenoxy) is 1. The lowest BCUT2D eigenvalue weighted by atomic mass is 9.93. The van der Waals surface area contributed by atoms with Gasteiger partial charge in [0.25, 0.3) is 0 Å². The molecule has 0 aromatic heterocycles. The van der Waals surface area contributed by atoms with E-state index in [4.69, 9.17) is 9.84 Å². The van der Waals surface area contributed by atoms with Crippen LogP contribution in [0.5, 0.6) is 0 Å². The molecule has 0 spiro atoms. The third-order valence-electron chi connectivity index (χ3n) is 2.84. The van der Waals surface area contributed by atoms with Gasteiger partial charge in [0.1, 0.15) is 5.60 Å². The number of hydrogen-bond donors (Lipinski definition) is 2. The summed E-state index contributed by atoms with van der Waals surface area (Å²) in [6.45, 7) is 6.34.